The van der Waals surface area contributed by atoms with E-state index < -0.39 is 0 Å². The number of hydrogen-bond acceptors (Lipinski definition) is 4. The molecule has 5 heteroatoms. The second-order valence-electron chi connectivity index (χ2n) is 3.23. The molecule has 1 aromatic heterocycles. The third-order valence-corrected chi connectivity index (χ3v) is 2.06. The van der Waals surface area contributed by atoms with Gasteiger partial charge in [0, 0.05) is 26.0 Å². The summed E-state index contributed by atoms with van der Waals surface area (Å²) in [4.78, 5) is 0. The molecule has 14 heavy (non-hydrogen) atoms. The van der Waals surface area contributed by atoms with E-state index in [2.05, 4.69) is 5.10 Å². The average Bonchev–Trinajstić information content (AvgIpc) is 2.45. The molecule has 80 valence electrons. The first-order chi connectivity index (χ1) is 6.67. The summed E-state index contributed by atoms with van der Waals surface area (Å²) >= 11 is 0. The van der Waals surface area contributed by atoms with Crippen LogP contribution in [0, 0.1) is 6.92 Å². The summed E-state index contributed by atoms with van der Waals surface area (Å²) < 4.78 is 12.0. The molecule has 1 unspecified atom stereocenters. The maximum atomic E-state index is 5.63. The van der Waals surface area contributed by atoms with Crippen molar-refractivity contribution in [3.05, 3.63) is 11.8 Å². The number of nitrogen functional groups attached to an aromatic ring is 1. The van der Waals surface area contributed by atoms with Crippen molar-refractivity contribution in [1.82, 2.24) is 9.78 Å². The molecule has 0 aliphatic rings. The van der Waals surface area contributed by atoms with E-state index in [4.69, 9.17) is 15.2 Å². The SMILES string of the molecule is COCC(Cn1cc(C)c(N)n1)OC. The van der Waals surface area contributed by atoms with Crippen molar-refractivity contribution >= 4 is 5.82 Å². The molecule has 1 heterocycles. The quantitative estimate of drug-likeness (QED) is 0.747. The van der Waals surface area contributed by atoms with Crippen molar-refractivity contribution in [2.24, 2.45) is 0 Å². The number of aromatic nitrogens is 2. The van der Waals surface area contributed by atoms with E-state index in [1.807, 2.05) is 13.1 Å². The summed E-state index contributed by atoms with van der Waals surface area (Å²) in [5, 5.41) is 4.14. The van der Waals surface area contributed by atoms with Crippen LogP contribution in [0.4, 0.5) is 5.82 Å². The van der Waals surface area contributed by atoms with Crippen LogP contribution in [0.15, 0.2) is 6.20 Å². The molecular weight excluding hydrogens is 182 g/mol. The summed E-state index contributed by atoms with van der Waals surface area (Å²) in [7, 11) is 3.30. The zero-order chi connectivity index (χ0) is 10.6. The molecule has 1 atom stereocenters. The first kappa shape index (κ1) is 11.0. The Labute approximate surface area is 83.8 Å². The van der Waals surface area contributed by atoms with Crippen LogP contribution in [0.2, 0.25) is 0 Å². The summed E-state index contributed by atoms with van der Waals surface area (Å²) in [5.41, 5.74) is 6.61. The topological polar surface area (TPSA) is 62.3 Å². The molecule has 0 saturated heterocycles. The minimum Gasteiger partial charge on any atom is -0.382 e. The molecule has 0 bridgehead atoms. The van der Waals surface area contributed by atoms with Gasteiger partial charge in [-0.1, -0.05) is 0 Å². The van der Waals surface area contributed by atoms with Crippen LogP contribution in [0.25, 0.3) is 0 Å². The van der Waals surface area contributed by atoms with Gasteiger partial charge in [-0.3, -0.25) is 4.68 Å². The number of aryl methyl sites for hydroxylation is 1. The fourth-order valence-corrected chi connectivity index (χ4v) is 1.22. The van der Waals surface area contributed by atoms with Crippen LogP contribution in [0.3, 0.4) is 0 Å². The first-order valence-corrected chi connectivity index (χ1v) is 4.48. The Morgan fingerprint density at radius 1 is 1.57 bits per heavy atom. The highest BCUT2D eigenvalue weighted by molar-refractivity contribution is 5.35. The van der Waals surface area contributed by atoms with Crippen molar-refractivity contribution in [2.75, 3.05) is 26.6 Å². The van der Waals surface area contributed by atoms with Crippen LogP contribution >= 0.6 is 0 Å². The maximum absolute atomic E-state index is 5.63. The largest absolute Gasteiger partial charge is 0.382 e. The van der Waals surface area contributed by atoms with Crippen LogP contribution in [0.1, 0.15) is 5.56 Å². The van der Waals surface area contributed by atoms with Gasteiger partial charge < -0.3 is 15.2 Å². The van der Waals surface area contributed by atoms with Crippen LogP contribution in [0.5, 0.6) is 0 Å². The normalized spacial score (nSPS) is 13.1. The Kier molecular flexibility index (Phi) is 3.91. The predicted molar refractivity (Wildman–Crippen MR) is 54.0 cm³/mol. The highest BCUT2D eigenvalue weighted by Gasteiger charge is 2.09. The van der Waals surface area contributed by atoms with E-state index in [1.54, 1.807) is 18.9 Å². The molecule has 0 radical (unpaired) electrons. The van der Waals surface area contributed by atoms with Gasteiger partial charge in [0.05, 0.1) is 19.3 Å². The molecule has 0 amide bonds. The fourth-order valence-electron chi connectivity index (χ4n) is 1.22. The minimum absolute atomic E-state index is 0.0127. The molecule has 1 rings (SSSR count). The lowest BCUT2D eigenvalue weighted by molar-refractivity contribution is 0.0164. The van der Waals surface area contributed by atoms with E-state index in [-0.39, 0.29) is 6.10 Å². The lowest BCUT2D eigenvalue weighted by Gasteiger charge is -2.13. The average molecular weight is 199 g/mol. The van der Waals surface area contributed by atoms with Gasteiger partial charge in [-0.2, -0.15) is 5.10 Å². The standard InChI is InChI=1S/C9H17N3O2/c1-7-4-12(11-9(7)10)5-8(14-3)6-13-2/h4,8H,5-6H2,1-3H3,(H2,10,11). The van der Waals surface area contributed by atoms with Crippen LogP contribution in [-0.4, -0.2) is 36.7 Å². The second kappa shape index (κ2) is 4.97. The first-order valence-electron chi connectivity index (χ1n) is 4.48. The van der Waals surface area contributed by atoms with E-state index >= 15 is 0 Å². The highest BCUT2D eigenvalue weighted by atomic mass is 16.5. The van der Waals surface area contributed by atoms with Gasteiger partial charge in [0.15, 0.2) is 0 Å². The van der Waals surface area contributed by atoms with Gasteiger partial charge in [-0.25, -0.2) is 0 Å². The number of hydrogen-bond donors (Lipinski definition) is 1. The van der Waals surface area contributed by atoms with Crippen molar-refractivity contribution in [2.45, 2.75) is 19.6 Å². The van der Waals surface area contributed by atoms with E-state index in [0.29, 0.717) is 19.0 Å². The van der Waals surface area contributed by atoms with Gasteiger partial charge in [-0.05, 0) is 6.92 Å². The monoisotopic (exact) mass is 199 g/mol. The second-order valence-corrected chi connectivity index (χ2v) is 3.23. The smallest absolute Gasteiger partial charge is 0.148 e. The summed E-state index contributed by atoms with van der Waals surface area (Å²) in [6, 6.07) is 0. The van der Waals surface area contributed by atoms with Crippen molar-refractivity contribution < 1.29 is 9.47 Å². The van der Waals surface area contributed by atoms with Crippen molar-refractivity contribution in [1.29, 1.82) is 0 Å². The van der Waals surface area contributed by atoms with Crippen molar-refractivity contribution in [3.63, 3.8) is 0 Å². The zero-order valence-corrected chi connectivity index (χ0v) is 8.86. The number of methoxy groups -OCH3 is 2. The highest BCUT2D eigenvalue weighted by Crippen LogP contribution is 2.07. The Morgan fingerprint density at radius 2 is 2.29 bits per heavy atom. The summed E-state index contributed by atoms with van der Waals surface area (Å²) in [6.07, 6.45) is 1.91. The molecule has 5 nitrogen and oxygen atoms in total. The Morgan fingerprint density at radius 3 is 2.71 bits per heavy atom. The zero-order valence-electron chi connectivity index (χ0n) is 8.86. The van der Waals surface area contributed by atoms with Gasteiger partial charge in [-0.15, -0.1) is 0 Å². The molecule has 1 aromatic rings. The number of ether oxygens (including phenoxy) is 2. The fraction of sp³-hybridized carbons (Fsp3) is 0.667. The molecule has 0 fully saturated rings. The molecule has 0 aliphatic heterocycles. The third-order valence-electron chi connectivity index (χ3n) is 2.06. The third kappa shape index (κ3) is 2.71. The molecular formula is C9H17N3O2. The number of nitrogens with zero attached hydrogens (tertiary/aromatic N) is 2. The van der Waals surface area contributed by atoms with E-state index in [1.165, 1.54) is 0 Å². The summed E-state index contributed by atoms with van der Waals surface area (Å²) in [5.74, 6) is 0.567. The molecule has 2 N–H and O–H groups in total. The number of anilines is 1. The molecule has 0 spiro atoms. The Bertz CT molecular complexity index is 266. The predicted octanol–water partition coefficient (Wildman–Crippen LogP) is 0.435. The number of nitrogens with two attached hydrogens (primary N) is 1. The van der Waals surface area contributed by atoms with Gasteiger partial charge in [0.1, 0.15) is 5.82 Å². The van der Waals surface area contributed by atoms with E-state index in [9.17, 15) is 0 Å². The van der Waals surface area contributed by atoms with Crippen LogP contribution in [-0.2, 0) is 16.0 Å². The van der Waals surface area contributed by atoms with E-state index in [0.717, 1.165) is 5.56 Å². The molecule has 0 aliphatic carbocycles. The Balaban J connectivity index is 2.57. The minimum atomic E-state index is 0.0127. The summed E-state index contributed by atoms with van der Waals surface area (Å²) in [6.45, 7) is 3.13. The molecule has 0 aromatic carbocycles. The van der Waals surface area contributed by atoms with Crippen molar-refractivity contribution in [3.8, 4) is 0 Å². The van der Waals surface area contributed by atoms with Gasteiger partial charge >= 0.3 is 0 Å². The van der Waals surface area contributed by atoms with Gasteiger partial charge in [0.2, 0.25) is 0 Å². The van der Waals surface area contributed by atoms with Gasteiger partial charge in [0.25, 0.3) is 0 Å². The molecule has 0 saturated carbocycles. The maximum Gasteiger partial charge on any atom is 0.148 e. The lowest BCUT2D eigenvalue weighted by atomic mass is 10.3. The number of rotatable bonds is 5. The Hall–Kier alpha value is -1.07. The van der Waals surface area contributed by atoms with Crippen LogP contribution < -0.4 is 5.73 Å². The lowest BCUT2D eigenvalue weighted by Crippen LogP contribution is -2.24.